The van der Waals surface area contributed by atoms with Crippen molar-refractivity contribution < 1.29 is 4.79 Å². The second-order valence-corrected chi connectivity index (χ2v) is 5.56. The molecule has 0 unspecified atom stereocenters. The number of H-pyrrole nitrogens is 2. The van der Waals surface area contributed by atoms with E-state index in [9.17, 15) is 9.59 Å². The van der Waals surface area contributed by atoms with Gasteiger partial charge in [-0.15, -0.1) is 5.10 Å². The molecule has 3 rings (SSSR count). The van der Waals surface area contributed by atoms with E-state index < -0.39 is 5.69 Å². The number of carbonyl (C=O) groups excluding carboxylic acids is 1. The van der Waals surface area contributed by atoms with Gasteiger partial charge in [-0.1, -0.05) is 37.3 Å². The lowest BCUT2D eigenvalue weighted by Crippen LogP contribution is -2.42. The number of nitrogens with zero attached hydrogens (tertiary/aromatic N) is 2. The van der Waals surface area contributed by atoms with Gasteiger partial charge in [0.1, 0.15) is 0 Å². The van der Waals surface area contributed by atoms with Gasteiger partial charge in [0.05, 0.1) is 0 Å². The van der Waals surface area contributed by atoms with Gasteiger partial charge in [-0.3, -0.25) is 9.78 Å². The van der Waals surface area contributed by atoms with Crippen molar-refractivity contribution in [3.63, 3.8) is 0 Å². The average Bonchev–Trinajstić information content (AvgIpc) is 2.94. The first-order chi connectivity index (χ1) is 10.1. The van der Waals surface area contributed by atoms with Crippen LogP contribution in [0.4, 0.5) is 0 Å². The zero-order valence-electron chi connectivity index (χ0n) is 11.9. The summed E-state index contributed by atoms with van der Waals surface area (Å²) < 4.78 is 0. The van der Waals surface area contributed by atoms with Crippen molar-refractivity contribution in [2.24, 2.45) is 5.92 Å². The molecule has 1 aromatic carbocycles. The Kier molecular flexibility index (Phi) is 3.60. The number of hydrogen-bond acceptors (Lipinski definition) is 3. The molecule has 2 N–H and O–H groups in total. The Morgan fingerprint density at radius 1 is 1.33 bits per heavy atom. The van der Waals surface area contributed by atoms with Gasteiger partial charge < -0.3 is 4.90 Å². The average molecular weight is 286 g/mol. The Hall–Kier alpha value is -2.37. The molecular formula is C15H18N4O2. The van der Waals surface area contributed by atoms with E-state index in [0.29, 0.717) is 24.9 Å². The predicted octanol–water partition coefficient (Wildman–Crippen LogP) is 1.36. The summed E-state index contributed by atoms with van der Waals surface area (Å²) >= 11 is 0. The summed E-state index contributed by atoms with van der Waals surface area (Å²) in [5.74, 6) is 0.710. The highest BCUT2D eigenvalue weighted by atomic mass is 16.2. The second kappa shape index (κ2) is 5.55. The van der Waals surface area contributed by atoms with E-state index in [4.69, 9.17) is 0 Å². The number of benzene rings is 1. The number of hydrogen-bond donors (Lipinski definition) is 2. The van der Waals surface area contributed by atoms with Crippen molar-refractivity contribution >= 4 is 5.91 Å². The quantitative estimate of drug-likeness (QED) is 0.874. The van der Waals surface area contributed by atoms with E-state index in [1.807, 2.05) is 18.2 Å². The normalized spacial score (nSPS) is 22.2. The minimum absolute atomic E-state index is 0.0883. The van der Waals surface area contributed by atoms with E-state index in [-0.39, 0.29) is 11.7 Å². The first kappa shape index (κ1) is 13.6. The van der Waals surface area contributed by atoms with E-state index in [2.05, 4.69) is 34.2 Å². The first-order valence-electron chi connectivity index (χ1n) is 7.14. The van der Waals surface area contributed by atoms with Gasteiger partial charge >= 0.3 is 5.69 Å². The summed E-state index contributed by atoms with van der Waals surface area (Å²) in [6, 6.07) is 10.4. The molecule has 2 aromatic rings. The first-order valence-corrected chi connectivity index (χ1v) is 7.14. The second-order valence-electron chi connectivity index (χ2n) is 5.56. The molecule has 1 fully saturated rings. The maximum Gasteiger partial charge on any atom is 0.341 e. The van der Waals surface area contributed by atoms with Crippen LogP contribution in [0.1, 0.15) is 35.4 Å². The number of likely N-dealkylation sites (tertiary alicyclic amines) is 1. The molecule has 1 aromatic heterocycles. The number of piperidine rings is 1. The lowest BCUT2D eigenvalue weighted by molar-refractivity contribution is 0.0649. The summed E-state index contributed by atoms with van der Waals surface area (Å²) in [5.41, 5.74) is 0.871. The van der Waals surface area contributed by atoms with Crippen LogP contribution < -0.4 is 5.69 Å². The zero-order chi connectivity index (χ0) is 14.8. The van der Waals surface area contributed by atoms with Crippen LogP contribution in [0.2, 0.25) is 0 Å². The summed E-state index contributed by atoms with van der Waals surface area (Å²) in [5, 5.41) is 5.93. The fraction of sp³-hybridized carbons (Fsp3) is 0.400. The zero-order valence-corrected chi connectivity index (χ0v) is 11.9. The molecule has 1 saturated heterocycles. The number of nitrogens with one attached hydrogen (secondary N) is 2. The van der Waals surface area contributed by atoms with Crippen LogP contribution in [-0.4, -0.2) is 39.1 Å². The van der Waals surface area contributed by atoms with Gasteiger partial charge in [-0.2, -0.15) is 0 Å². The predicted molar refractivity (Wildman–Crippen MR) is 78.1 cm³/mol. The van der Waals surface area contributed by atoms with Crippen LogP contribution in [0.15, 0.2) is 35.1 Å². The monoisotopic (exact) mass is 286 g/mol. The van der Waals surface area contributed by atoms with Crippen LogP contribution >= 0.6 is 0 Å². The lowest BCUT2D eigenvalue weighted by atomic mass is 9.81. The molecule has 110 valence electrons. The summed E-state index contributed by atoms with van der Waals surface area (Å²) in [6.07, 6.45) is 0.922. The third kappa shape index (κ3) is 2.74. The SMILES string of the molecule is C[C@@H]1CN(C(=O)c2n[nH]c(=O)[nH]2)CC[C@@H]1c1ccccc1. The molecule has 2 heterocycles. The fourth-order valence-corrected chi connectivity index (χ4v) is 3.05. The van der Waals surface area contributed by atoms with Gasteiger partial charge in [0.25, 0.3) is 5.91 Å². The van der Waals surface area contributed by atoms with Crippen molar-refractivity contribution in [1.29, 1.82) is 0 Å². The number of carbonyl (C=O) groups is 1. The number of amides is 1. The Balaban J connectivity index is 1.71. The maximum absolute atomic E-state index is 12.3. The Morgan fingerprint density at radius 2 is 2.10 bits per heavy atom. The highest BCUT2D eigenvalue weighted by Crippen LogP contribution is 2.32. The van der Waals surface area contributed by atoms with Crippen LogP contribution in [0.25, 0.3) is 0 Å². The van der Waals surface area contributed by atoms with Crippen molar-refractivity contribution in [2.75, 3.05) is 13.1 Å². The van der Waals surface area contributed by atoms with Crippen molar-refractivity contribution in [2.45, 2.75) is 19.3 Å². The van der Waals surface area contributed by atoms with E-state index in [0.717, 1.165) is 6.42 Å². The summed E-state index contributed by atoms with van der Waals surface area (Å²) in [4.78, 5) is 27.5. The van der Waals surface area contributed by atoms with Crippen LogP contribution in [0, 0.1) is 5.92 Å². The summed E-state index contributed by atoms with van der Waals surface area (Å²) in [6.45, 7) is 3.51. The molecule has 0 radical (unpaired) electrons. The molecule has 21 heavy (non-hydrogen) atoms. The van der Waals surface area contributed by atoms with E-state index >= 15 is 0 Å². The Morgan fingerprint density at radius 3 is 2.71 bits per heavy atom. The third-order valence-electron chi connectivity index (χ3n) is 4.12. The largest absolute Gasteiger partial charge is 0.341 e. The third-order valence-corrected chi connectivity index (χ3v) is 4.12. The molecule has 6 nitrogen and oxygen atoms in total. The molecule has 0 bridgehead atoms. The Bertz CT molecular complexity index is 676. The standard InChI is InChI=1S/C15H18N4O2/c1-10-9-19(14(20)13-16-15(21)18-17-13)8-7-12(10)11-5-3-2-4-6-11/h2-6,10,12H,7-9H2,1H3,(H2,16,17,18,21)/t10-,12+/m1/s1. The van der Waals surface area contributed by atoms with Crippen LogP contribution in [0.5, 0.6) is 0 Å². The van der Waals surface area contributed by atoms with Crippen LogP contribution in [0.3, 0.4) is 0 Å². The molecule has 0 aliphatic carbocycles. The van der Waals surface area contributed by atoms with Gasteiger partial charge in [0.2, 0.25) is 5.82 Å². The molecule has 0 saturated carbocycles. The molecule has 1 aliphatic heterocycles. The van der Waals surface area contributed by atoms with Gasteiger partial charge in [-0.25, -0.2) is 9.89 Å². The topological polar surface area (TPSA) is 81.8 Å². The van der Waals surface area contributed by atoms with Gasteiger partial charge in [0, 0.05) is 13.1 Å². The van der Waals surface area contributed by atoms with Crippen molar-refractivity contribution in [1.82, 2.24) is 20.1 Å². The molecule has 6 heteroatoms. The number of aromatic nitrogens is 3. The minimum Gasteiger partial charge on any atom is -0.336 e. The molecular weight excluding hydrogens is 268 g/mol. The molecule has 1 amide bonds. The van der Waals surface area contributed by atoms with E-state index in [1.165, 1.54) is 5.56 Å². The number of rotatable bonds is 2. The smallest absolute Gasteiger partial charge is 0.336 e. The van der Waals surface area contributed by atoms with Crippen LogP contribution in [-0.2, 0) is 0 Å². The van der Waals surface area contributed by atoms with Gasteiger partial charge in [-0.05, 0) is 23.8 Å². The minimum atomic E-state index is -0.453. The van der Waals surface area contributed by atoms with Gasteiger partial charge in [0.15, 0.2) is 0 Å². The fourth-order valence-electron chi connectivity index (χ4n) is 3.05. The maximum atomic E-state index is 12.3. The molecule has 0 spiro atoms. The highest BCUT2D eigenvalue weighted by Gasteiger charge is 2.30. The summed E-state index contributed by atoms with van der Waals surface area (Å²) in [7, 11) is 0. The van der Waals surface area contributed by atoms with E-state index in [1.54, 1.807) is 4.90 Å². The van der Waals surface area contributed by atoms with Crippen molar-refractivity contribution in [3.8, 4) is 0 Å². The highest BCUT2D eigenvalue weighted by molar-refractivity contribution is 5.90. The van der Waals surface area contributed by atoms with Crippen molar-refractivity contribution in [3.05, 3.63) is 52.2 Å². The molecule has 2 atom stereocenters. The molecule has 1 aliphatic rings. The number of aromatic amines is 2. The Labute approximate surface area is 122 Å². The lowest BCUT2D eigenvalue weighted by Gasteiger charge is -2.36.